The van der Waals surface area contributed by atoms with Crippen LogP contribution in [0.15, 0.2) is 54.6 Å². The number of ether oxygens (including phenoxy) is 2. The number of amides is 2. The molecule has 0 heterocycles. The van der Waals surface area contributed by atoms with Crippen LogP contribution >= 0.6 is 0 Å². The molecule has 7 nitrogen and oxygen atoms in total. The van der Waals surface area contributed by atoms with Crippen molar-refractivity contribution < 1.29 is 28.2 Å². The van der Waals surface area contributed by atoms with Gasteiger partial charge in [-0.05, 0) is 23.3 Å². The third kappa shape index (κ3) is 7.15. The molecule has 0 aliphatic heterocycles. The van der Waals surface area contributed by atoms with Gasteiger partial charge in [-0.15, -0.1) is 0 Å². The van der Waals surface area contributed by atoms with Gasteiger partial charge in [0, 0.05) is 6.42 Å². The van der Waals surface area contributed by atoms with Gasteiger partial charge in [-0.3, -0.25) is 4.79 Å². The third-order valence-corrected chi connectivity index (χ3v) is 3.47. The van der Waals surface area contributed by atoms with Crippen LogP contribution in [0.1, 0.15) is 11.1 Å². The van der Waals surface area contributed by atoms with Crippen molar-refractivity contribution in [1.82, 2.24) is 5.32 Å². The van der Waals surface area contributed by atoms with Crippen LogP contribution in [0.2, 0.25) is 0 Å². The Morgan fingerprint density at radius 1 is 1.00 bits per heavy atom. The Bertz CT molecular complexity index is 798. The smallest absolute Gasteiger partial charge is 0.408 e. The predicted molar refractivity (Wildman–Crippen MR) is 93.8 cm³/mol. The molecule has 0 fully saturated rings. The van der Waals surface area contributed by atoms with E-state index < -0.39 is 36.4 Å². The molecule has 2 rings (SSSR count). The van der Waals surface area contributed by atoms with E-state index in [4.69, 9.17) is 15.2 Å². The summed E-state index contributed by atoms with van der Waals surface area (Å²) in [6, 6.07) is 13.4. The van der Waals surface area contributed by atoms with Crippen LogP contribution in [0.3, 0.4) is 0 Å². The summed E-state index contributed by atoms with van der Waals surface area (Å²) in [6.45, 7) is -0.616. The molecule has 3 N–H and O–H groups in total. The molecule has 0 aromatic heterocycles. The number of benzene rings is 2. The highest BCUT2D eigenvalue weighted by Crippen LogP contribution is 2.08. The Morgan fingerprint density at radius 2 is 1.70 bits per heavy atom. The summed E-state index contributed by atoms with van der Waals surface area (Å²) in [4.78, 5) is 35.0. The number of primary amides is 1. The highest BCUT2D eigenvalue weighted by Gasteiger charge is 2.24. The van der Waals surface area contributed by atoms with Crippen molar-refractivity contribution in [3.63, 3.8) is 0 Å². The lowest BCUT2D eigenvalue weighted by Gasteiger charge is -2.17. The van der Waals surface area contributed by atoms with E-state index in [1.165, 1.54) is 18.2 Å². The van der Waals surface area contributed by atoms with Crippen molar-refractivity contribution in [2.24, 2.45) is 5.73 Å². The lowest BCUT2D eigenvalue weighted by molar-refractivity contribution is -0.149. The van der Waals surface area contributed by atoms with E-state index in [9.17, 15) is 18.8 Å². The summed E-state index contributed by atoms with van der Waals surface area (Å²) in [7, 11) is 0. The first kappa shape index (κ1) is 19.9. The van der Waals surface area contributed by atoms with E-state index >= 15 is 0 Å². The van der Waals surface area contributed by atoms with Gasteiger partial charge in [-0.25, -0.2) is 14.0 Å². The fraction of sp³-hybridized carbons (Fsp3) is 0.211. The average Bonchev–Trinajstić information content (AvgIpc) is 2.65. The van der Waals surface area contributed by atoms with Crippen molar-refractivity contribution in [2.45, 2.75) is 19.1 Å². The van der Waals surface area contributed by atoms with Gasteiger partial charge in [0.1, 0.15) is 18.5 Å². The molecule has 1 atom stereocenters. The lowest BCUT2D eigenvalue weighted by atomic mass is 10.1. The van der Waals surface area contributed by atoms with E-state index in [1.54, 1.807) is 30.3 Å². The summed E-state index contributed by atoms with van der Waals surface area (Å²) < 4.78 is 23.2. The monoisotopic (exact) mass is 374 g/mol. The zero-order valence-electron chi connectivity index (χ0n) is 14.4. The van der Waals surface area contributed by atoms with Gasteiger partial charge < -0.3 is 20.5 Å². The van der Waals surface area contributed by atoms with Crippen molar-refractivity contribution >= 4 is 18.0 Å². The number of carbonyl (C=O) groups excluding carboxylic acids is 3. The number of esters is 1. The molecule has 8 heteroatoms. The fourth-order valence-corrected chi connectivity index (χ4v) is 2.24. The second kappa shape index (κ2) is 9.91. The van der Waals surface area contributed by atoms with Crippen molar-refractivity contribution in [2.75, 3.05) is 6.61 Å². The van der Waals surface area contributed by atoms with Crippen LogP contribution in [-0.2, 0) is 32.1 Å². The van der Waals surface area contributed by atoms with Gasteiger partial charge in [-0.1, -0.05) is 42.5 Å². The summed E-state index contributed by atoms with van der Waals surface area (Å²) in [5, 5.41) is 2.37. The molecule has 0 unspecified atom stereocenters. The minimum Gasteiger partial charge on any atom is -0.454 e. The largest absolute Gasteiger partial charge is 0.454 e. The fourth-order valence-electron chi connectivity index (χ4n) is 2.24. The molecule has 0 spiro atoms. The molecule has 2 aromatic rings. The SMILES string of the molecule is NC(=O)COC(=O)[C@@H](Cc1cccc(F)c1)NC(=O)OCc1ccccc1. The molecular formula is C19H19FN2O5. The van der Waals surface area contributed by atoms with Gasteiger partial charge in [-0.2, -0.15) is 0 Å². The van der Waals surface area contributed by atoms with Crippen LogP contribution in [0.5, 0.6) is 0 Å². The number of rotatable bonds is 8. The summed E-state index contributed by atoms with van der Waals surface area (Å²) >= 11 is 0. The zero-order valence-corrected chi connectivity index (χ0v) is 14.4. The molecule has 0 saturated heterocycles. The van der Waals surface area contributed by atoms with Gasteiger partial charge >= 0.3 is 12.1 Å². The Balaban J connectivity index is 2.00. The van der Waals surface area contributed by atoms with E-state index in [-0.39, 0.29) is 13.0 Å². The number of nitrogens with one attached hydrogen (secondary N) is 1. The minimum atomic E-state index is -1.17. The number of carbonyl (C=O) groups is 3. The molecule has 0 saturated carbocycles. The molecule has 0 aliphatic carbocycles. The molecule has 142 valence electrons. The average molecular weight is 374 g/mol. The minimum absolute atomic E-state index is 0.00962. The molecule has 2 amide bonds. The predicted octanol–water partition coefficient (Wildman–Crippen LogP) is 1.69. The van der Waals surface area contributed by atoms with E-state index in [1.807, 2.05) is 6.07 Å². The normalized spacial score (nSPS) is 11.3. The Hall–Kier alpha value is -3.42. The van der Waals surface area contributed by atoms with Gasteiger partial charge in [0.2, 0.25) is 0 Å². The van der Waals surface area contributed by atoms with Crippen LogP contribution in [0.25, 0.3) is 0 Å². The molecular weight excluding hydrogens is 355 g/mol. The maximum absolute atomic E-state index is 13.4. The molecule has 2 aromatic carbocycles. The first-order chi connectivity index (χ1) is 12.9. The van der Waals surface area contributed by atoms with E-state index in [0.29, 0.717) is 5.56 Å². The number of halogens is 1. The molecule has 27 heavy (non-hydrogen) atoms. The lowest BCUT2D eigenvalue weighted by Crippen LogP contribution is -2.44. The topological polar surface area (TPSA) is 108 Å². The maximum Gasteiger partial charge on any atom is 0.408 e. The number of hydrogen-bond donors (Lipinski definition) is 2. The van der Waals surface area contributed by atoms with Crippen LogP contribution in [-0.4, -0.2) is 30.6 Å². The zero-order chi connectivity index (χ0) is 19.6. The Kier molecular flexibility index (Phi) is 7.30. The molecule has 0 bridgehead atoms. The second-order valence-electron chi connectivity index (χ2n) is 5.67. The van der Waals surface area contributed by atoms with Crippen LogP contribution in [0.4, 0.5) is 9.18 Å². The number of alkyl carbamates (subject to hydrolysis) is 1. The highest BCUT2D eigenvalue weighted by molar-refractivity contribution is 5.84. The van der Waals surface area contributed by atoms with E-state index in [0.717, 1.165) is 5.56 Å². The van der Waals surface area contributed by atoms with Gasteiger partial charge in [0.15, 0.2) is 6.61 Å². The summed E-state index contributed by atoms with van der Waals surface area (Å²) in [6.07, 6.45) is -0.897. The highest BCUT2D eigenvalue weighted by atomic mass is 19.1. The quantitative estimate of drug-likeness (QED) is 0.684. The Labute approximate surface area is 155 Å². The molecule has 0 aliphatic rings. The van der Waals surface area contributed by atoms with E-state index in [2.05, 4.69) is 5.32 Å². The van der Waals surface area contributed by atoms with Gasteiger partial charge in [0.25, 0.3) is 5.91 Å². The Morgan fingerprint density at radius 3 is 2.37 bits per heavy atom. The maximum atomic E-state index is 13.4. The summed E-state index contributed by atoms with van der Waals surface area (Å²) in [5.41, 5.74) is 6.18. The number of nitrogens with two attached hydrogens (primary N) is 1. The summed E-state index contributed by atoms with van der Waals surface area (Å²) in [5.74, 6) is -2.20. The molecule has 0 radical (unpaired) electrons. The van der Waals surface area contributed by atoms with Crippen molar-refractivity contribution in [3.05, 3.63) is 71.5 Å². The standard InChI is InChI=1S/C19H19FN2O5/c20-15-8-4-7-14(9-15)10-16(18(24)26-12-17(21)23)22-19(25)27-11-13-5-2-1-3-6-13/h1-9,16H,10-12H2,(H2,21,23)(H,22,25)/t16-/m1/s1. The van der Waals surface area contributed by atoms with Crippen LogP contribution < -0.4 is 11.1 Å². The third-order valence-electron chi connectivity index (χ3n) is 3.47. The van der Waals surface area contributed by atoms with Crippen molar-refractivity contribution in [3.8, 4) is 0 Å². The number of hydrogen-bond acceptors (Lipinski definition) is 5. The van der Waals surface area contributed by atoms with Crippen molar-refractivity contribution in [1.29, 1.82) is 0 Å². The van der Waals surface area contributed by atoms with Gasteiger partial charge in [0.05, 0.1) is 0 Å². The van der Waals surface area contributed by atoms with Crippen LogP contribution in [0, 0.1) is 5.82 Å². The first-order valence-electron chi connectivity index (χ1n) is 8.10. The first-order valence-corrected chi connectivity index (χ1v) is 8.10. The second-order valence-corrected chi connectivity index (χ2v) is 5.67.